The van der Waals surface area contributed by atoms with E-state index in [0.717, 1.165) is 57.1 Å². The minimum atomic E-state index is -4.51. The fraction of sp³-hybridized carbons (Fsp3) is 0.607. The predicted octanol–water partition coefficient (Wildman–Crippen LogP) is 4.53. The number of aromatic nitrogens is 1. The van der Waals surface area contributed by atoms with Crippen LogP contribution in [0.5, 0.6) is 0 Å². The highest BCUT2D eigenvalue weighted by Crippen LogP contribution is 2.34. The number of fused-ring (bicyclic) bond motifs is 1. The number of Topliss-reactive ketones (excluding diaryl/α,β-unsaturated/α-hetero) is 1. The second kappa shape index (κ2) is 11.5. The van der Waals surface area contributed by atoms with E-state index in [-0.39, 0.29) is 40.5 Å². The molecule has 1 saturated heterocycles. The normalized spacial score (nSPS) is 20.5. The number of nitrogens with zero attached hydrogens (tertiary/aromatic N) is 2. The molecule has 3 atom stereocenters. The Hall–Kier alpha value is -2.88. The zero-order valence-electron chi connectivity index (χ0n) is 22.2. The Kier molecular flexibility index (Phi) is 8.49. The summed E-state index contributed by atoms with van der Waals surface area (Å²) in [5.41, 5.74) is -0.0392. The van der Waals surface area contributed by atoms with Gasteiger partial charge in [-0.15, -0.1) is 0 Å². The van der Waals surface area contributed by atoms with Gasteiger partial charge in [0.25, 0.3) is 0 Å². The number of nitrogens with one attached hydrogen (secondary N) is 2. The van der Waals surface area contributed by atoms with E-state index in [1.807, 2.05) is 4.90 Å². The van der Waals surface area contributed by atoms with Gasteiger partial charge in [-0.05, 0) is 70.7 Å². The van der Waals surface area contributed by atoms with Crippen molar-refractivity contribution in [3.8, 4) is 0 Å². The van der Waals surface area contributed by atoms with Gasteiger partial charge in [-0.2, -0.15) is 13.2 Å². The zero-order chi connectivity index (χ0) is 27.6. The highest BCUT2D eigenvalue weighted by atomic mass is 19.4. The number of rotatable bonds is 8. The van der Waals surface area contributed by atoms with Gasteiger partial charge >= 0.3 is 6.18 Å². The molecule has 1 aromatic heterocycles. The third kappa shape index (κ3) is 5.90. The van der Waals surface area contributed by atoms with Crippen LogP contribution in [0.15, 0.2) is 24.4 Å². The second-order valence-corrected chi connectivity index (χ2v) is 10.7. The number of alkyl halides is 3. The first kappa shape index (κ1) is 28.1. The molecule has 2 aromatic rings. The molecule has 10 heteroatoms. The molecule has 0 spiro atoms. The Balaban J connectivity index is 1.61. The van der Waals surface area contributed by atoms with Gasteiger partial charge in [-0.25, -0.2) is 0 Å². The lowest BCUT2D eigenvalue weighted by Crippen LogP contribution is -2.56. The molecule has 7 nitrogen and oxygen atoms in total. The SMILES string of the molecule is CN[C@@H](C)C(=O)N[C@H](C(=O)N1CCC[C@H]1Cn1cc(C(C)=O)c2cc(C(F)(F)F)ccc21)C1CCCCC1. The Morgan fingerprint density at radius 2 is 1.79 bits per heavy atom. The molecule has 38 heavy (non-hydrogen) atoms. The molecule has 1 saturated carbocycles. The van der Waals surface area contributed by atoms with Crippen molar-refractivity contribution in [2.24, 2.45) is 5.92 Å². The van der Waals surface area contributed by atoms with Gasteiger partial charge in [-0.1, -0.05) is 19.3 Å². The third-order valence-electron chi connectivity index (χ3n) is 8.17. The fourth-order valence-electron chi connectivity index (χ4n) is 5.88. The van der Waals surface area contributed by atoms with Gasteiger partial charge in [0.05, 0.1) is 11.6 Å². The monoisotopic (exact) mass is 534 g/mol. The maximum Gasteiger partial charge on any atom is 0.416 e. The van der Waals surface area contributed by atoms with E-state index in [9.17, 15) is 27.6 Å². The lowest BCUT2D eigenvalue weighted by molar-refractivity contribution is -0.139. The summed E-state index contributed by atoms with van der Waals surface area (Å²) in [5, 5.41) is 6.20. The number of hydrogen-bond donors (Lipinski definition) is 2. The van der Waals surface area contributed by atoms with Crippen LogP contribution in [0.25, 0.3) is 10.9 Å². The predicted molar refractivity (Wildman–Crippen MR) is 139 cm³/mol. The summed E-state index contributed by atoms with van der Waals surface area (Å²) in [6.07, 6.45) is 3.57. The van der Waals surface area contributed by atoms with E-state index < -0.39 is 23.8 Å². The van der Waals surface area contributed by atoms with Crippen LogP contribution in [0.1, 0.15) is 74.7 Å². The van der Waals surface area contributed by atoms with E-state index >= 15 is 0 Å². The van der Waals surface area contributed by atoms with E-state index in [2.05, 4.69) is 10.6 Å². The average Bonchev–Trinajstić information content (AvgIpc) is 3.51. The number of likely N-dealkylation sites (N-methyl/N-ethyl adjacent to an activating group) is 1. The number of amides is 2. The fourth-order valence-corrected chi connectivity index (χ4v) is 5.88. The number of hydrogen-bond acceptors (Lipinski definition) is 4. The van der Waals surface area contributed by atoms with Gasteiger partial charge in [0.15, 0.2) is 5.78 Å². The largest absolute Gasteiger partial charge is 0.416 e. The van der Waals surface area contributed by atoms with Crippen molar-refractivity contribution >= 4 is 28.5 Å². The quantitative estimate of drug-likeness (QED) is 0.488. The summed E-state index contributed by atoms with van der Waals surface area (Å²) in [6, 6.07) is 2.22. The summed E-state index contributed by atoms with van der Waals surface area (Å²) in [4.78, 5) is 40.8. The number of benzene rings is 1. The van der Waals surface area contributed by atoms with E-state index in [1.165, 1.54) is 13.0 Å². The maximum absolute atomic E-state index is 13.9. The smallest absolute Gasteiger partial charge is 0.345 e. The molecule has 0 unspecified atom stereocenters. The molecule has 1 aliphatic carbocycles. The van der Waals surface area contributed by atoms with E-state index in [0.29, 0.717) is 18.6 Å². The highest BCUT2D eigenvalue weighted by Gasteiger charge is 2.39. The first-order valence-electron chi connectivity index (χ1n) is 13.5. The van der Waals surface area contributed by atoms with E-state index in [1.54, 1.807) is 24.7 Å². The summed E-state index contributed by atoms with van der Waals surface area (Å²) in [7, 11) is 1.70. The first-order valence-corrected chi connectivity index (χ1v) is 13.5. The number of carbonyl (C=O) groups is 3. The first-order chi connectivity index (χ1) is 18.0. The van der Waals surface area contributed by atoms with Crippen LogP contribution in [-0.2, 0) is 22.3 Å². The molecular weight excluding hydrogens is 497 g/mol. The molecule has 2 fully saturated rings. The Morgan fingerprint density at radius 3 is 2.42 bits per heavy atom. The van der Waals surface area contributed by atoms with Gasteiger partial charge in [0.1, 0.15) is 6.04 Å². The van der Waals surface area contributed by atoms with Gasteiger partial charge < -0.3 is 20.1 Å². The molecular formula is C28H37F3N4O3. The molecule has 2 amide bonds. The van der Waals surface area contributed by atoms with Crippen LogP contribution in [-0.4, -0.2) is 58.8 Å². The Morgan fingerprint density at radius 1 is 1.08 bits per heavy atom. The average molecular weight is 535 g/mol. The Labute approximate surface area is 221 Å². The molecule has 0 bridgehead atoms. The van der Waals surface area contributed by atoms with Crippen molar-refractivity contribution in [1.82, 2.24) is 20.1 Å². The number of halogens is 3. The van der Waals surface area contributed by atoms with E-state index in [4.69, 9.17) is 0 Å². The van der Waals surface area contributed by atoms with Crippen molar-refractivity contribution in [1.29, 1.82) is 0 Å². The zero-order valence-corrected chi connectivity index (χ0v) is 22.2. The topological polar surface area (TPSA) is 83.4 Å². The van der Waals surface area contributed by atoms with Gasteiger partial charge in [0, 0.05) is 41.8 Å². The molecule has 2 aliphatic rings. The lowest BCUT2D eigenvalue weighted by atomic mass is 9.83. The van der Waals surface area contributed by atoms with Crippen molar-refractivity contribution in [2.75, 3.05) is 13.6 Å². The standard InChI is InChI=1S/C28H37F3N4O3/c1-17(32-3)26(37)33-25(19-8-5-4-6-9-19)27(38)35-13-7-10-21(35)15-34-16-23(18(2)36)22-14-20(28(29,30)31)11-12-24(22)34/h11-12,14,16-17,19,21,25,32H,4-10,13,15H2,1-3H3,(H,33,37)/t17-,21-,25-/m0/s1. The highest BCUT2D eigenvalue weighted by molar-refractivity contribution is 6.07. The summed E-state index contributed by atoms with van der Waals surface area (Å²) in [5.74, 6) is -0.553. The molecule has 1 aromatic carbocycles. The van der Waals surface area contributed by atoms with Gasteiger partial charge in [0.2, 0.25) is 11.8 Å². The van der Waals surface area contributed by atoms with Crippen molar-refractivity contribution in [3.63, 3.8) is 0 Å². The van der Waals surface area contributed by atoms with Crippen LogP contribution < -0.4 is 10.6 Å². The van der Waals surface area contributed by atoms with Crippen LogP contribution in [0.3, 0.4) is 0 Å². The molecule has 2 heterocycles. The minimum Gasteiger partial charge on any atom is -0.345 e. The van der Waals surface area contributed by atoms with Crippen molar-refractivity contribution < 1.29 is 27.6 Å². The third-order valence-corrected chi connectivity index (χ3v) is 8.17. The summed E-state index contributed by atoms with van der Waals surface area (Å²) in [6.45, 7) is 4.01. The van der Waals surface area contributed by atoms with Crippen LogP contribution in [0, 0.1) is 5.92 Å². The van der Waals surface area contributed by atoms with Crippen LogP contribution >= 0.6 is 0 Å². The Bertz CT molecular complexity index is 1190. The molecule has 1 aliphatic heterocycles. The summed E-state index contributed by atoms with van der Waals surface area (Å²) >= 11 is 0. The molecule has 4 rings (SSSR count). The number of ketones is 1. The number of likely N-dealkylation sites (tertiary alicyclic amines) is 1. The minimum absolute atomic E-state index is 0.0722. The lowest BCUT2D eigenvalue weighted by Gasteiger charge is -2.35. The van der Waals surface area contributed by atoms with Crippen molar-refractivity contribution in [2.45, 2.75) is 89.6 Å². The molecule has 208 valence electrons. The number of carbonyl (C=O) groups excluding carboxylic acids is 3. The van der Waals surface area contributed by atoms with Gasteiger partial charge in [-0.3, -0.25) is 14.4 Å². The summed E-state index contributed by atoms with van der Waals surface area (Å²) < 4.78 is 41.8. The molecule has 0 radical (unpaired) electrons. The maximum atomic E-state index is 13.9. The van der Waals surface area contributed by atoms with Crippen molar-refractivity contribution in [3.05, 3.63) is 35.5 Å². The van der Waals surface area contributed by atoms with Crippen LogP contribution in [0.2, 0.25) is 0 Å². The molecule has 2 N–H and O–H groups in total. The second-order valence-electron chi connectivity index (χ2n) is 10.7. The van der Waals surface area contributed by atoms with Crippen LogP contribution in [0.4, 0.5) is 13.2 Å².